The summed E-state index contributed by atoms with van der Waals surface area (Å²) >= 11 is 3.37. The van der Waals surface area contributed by atoms with Crippen LogP contribution in [0.5, 0.6) is 0 Å². The van der Waals surface area contributed by atoms with Crippen molar-refractivity contribution in [1.29, 1.82) is 0 Å². The molecule has 3 rings (SSSR count). The van der Waals surface area contributed by atoms with Crippen molar-refractivity contribution in [3.8, 4) is 0 Å². The van der Waals surface area contributed by atoms with Gasteiger partial charge in [0.05, 0.1) is 15.5 Å². The predicted molar refractivity (Wildman–Crippen MR) is 99.8 cm³/mol. The number of fused-ring (bicyclic) bond motifs is 1. The average Bonchev–Trinajstić information content (AvgIpc) is 3.01. The van der Waals surface area contributed by atoms with Gasteiger partial charge in [0, 0.05) is 11.0 Å². The van der Waals surface area contributed by atoms with E-state index >= 15 is 0 Å². The molecule has 0 bridgehead atoms. The number of nitrogens with one attached hydrogen (secondary N) is 1. The van der Waals surface area contributed by atoms with E-state index in [2.05, 4.69) is 20.7 Å². The van der Waals surface area contributed by atoms with Crippen LogP contribution in [0.15, 0.2) is 50.7 Å². The molecule has 134 valence electrons. The molecule has 9 heteroatoms. The lowest BCUT2D eigenvalue weighted by atomic mass is 10.2. The van der Waals surface area contributed by atoms with E-state index in [0.29, 0.717) is 17.7 Å². The molecule has 0 saturated heterocycles. The maximum atomic E-state index is 13.0. The first-order valence-electron chi connectivity index (χ1n) is 7.52. The van der Waals surface area contributed by atoms with E-state index in [1.54, 1.807) is 24.3 Å². The molecule has 1 aliphatic heterocycles. The fourth-order valence-electron chi connectivity index (χ4n) is 2.79. The first-order chi connectivity index (χ1) is 11.7. The number of halogens is 1. The van der Waals surface area contributed by atoms with Crippen LogP contribution in [0.1, 0.15) is 11.1 Å². The summed E-state index contributed by atoms with van der Waals surface area (Å²) < 4.78 is 54.2. The van der Waals surface area contributed by atoms with Gasteiger partial charge >= 0.3 is 0 Å². The second-order valence-corrected chi connectivity index (χ2v) is 10.3. The molecule has 0 fully saturated rings. The molecule has 0 unspecified atom stereocenters. The van der Waals surface area contributed by atoms with Crippen LogP contribution in [-0.2, 0) is 26.5 Å². The quantitative estimate of drug-likeness (QED) is 0.784. The molecule has 0 amide bonds. The summed E-state index contributed by atoms with van der Waals surface area (Å²) in [7, 11) is -5.91. The Morgan fingerprint density at radius 2 is 1.72 bits per heavy atom. The van der Waals surface area contributed by atoms with Crippen molar-refractivity contribution in [3.05, 3.63) is 52.0 Å². The van der Waals surface area contributed by atoms with E-state index in [9.17, 15) is 16.8 Å². The van der Waals surface area contributed by atoms with Gasteiger partial charge in [-0.25, -0.2) is 21.6 Å². The Hall–Kier alpha value is -1.42. The highest BCUT2D eigenvalue weighted by molar-refractivity contribution is 9.10. The van der Waals surface area contributed by atoms with E-state index in [-0.39, 0.29) is 16.3 Å². The molecule has 0 aromatic heterocycles. The Bertz CT molecular complexity index is 1050. The molecular formula is C16H17BrN2O4S2. The first kappa shape index (κ1) is 18.4. The van der Waals surface area contributed by atoms with Gasteiger partial charge in [-0.05, 0) is 67.9 Å². The van der Waals surface area contributed by atoms with Crippen LogP contribution in [0.2, 0.25) is 0 Å². The topological polar surface area (TPSA) is 83.6 Å². The molecule has 6 nitrogen and oxygen atoms in total. The standard InChI is InChI=1S/C16H17BrN2O4S2/c1-11-9-14(3-5-15(11)17)25(22,23)19-8-7-12-10-13(4-6-16(12)19)24(20,21)18-2/h3-6,9-10,18H,7-8H2,1-2H3. The second kappa shape index (κ2) is 6.39. The lowest BCUT2D eigenvalue weighted by molar-refractivity contribution is 0.587. The highest BCUT2D eigenvalue weighted by Gasteiger charge is 2.32. The number of sulfonamides is 2. The molecule has 1 N–H and O–H groups in total. The maximum Gasteiger partial charge on any atom is 0.264 e. The van der Waals surface area contributed by atoms with Crippen molar-refractivity contribution in [2.75, 3.05) is 17.9 Å². The molecule has 0 radical (unpaired) electrons. The van der Waals surface area contributed by atoms with Crippen molar-refractivity contribution in [3.63, 3.8) is 0 Å². The Kier molecular flexibility index (Phi) is 4.69. The highest BCUT2D eigenvalue weighted by Crippen LogP contribution is 2.35. The zero-order chi connectivity index (χ0) is 18.4. The maximum absolute atomic E-state index is 13.0. The average molecular weight is 445 g/mol. The van der Waals surface area contributed by atoms with Crippen LogP contribution in [0.3, 0.4) is 0 Å². The molecule has 0 aliphatic carbocycles. The molecule has 1 heterocycles. The van der Waals surface area contributed by atoms with Gasteiger partial charge in [0.25, 0.3) is 10.0 Å². The van der Waals surface area contributed by atoms with Crippen LogP contribution in [0, 0.1) is 6.92 Å². The van der Waals surface area contributed by atoms with Gasteiger partial charge in [-0.15, -0.1) is 0 Å². The largest absolute Gasteiger partial charge is 0.266 e. The van der Waals surface area contributed by atoms with Gasteiger partial charge in [-0.1, -0.05) is 15.9 Å². The van der Waals surface area contributed by atoms with Crippen LogP contribution >= 0.6 is 15.9 Å². The molecular weight excluding hydrogens is 428 g/mol. The molecule has 0 saturated carbocycles. The number of anilines is 1. The summed E-state index contributed by atoms with van der Waals surface area (Å²) in [4.78, 5) is 0.348. The molecule has 0 spiro atoms. The van der Waals surface area contributed by atoms with Crippen molar-refractivity contribution in [2.45, 2.75) is 23.1 Å². The van der Waals surface area contributed by atoms with Crippen LogP contribution in [0.25, 0.3) is 0 Å². The zero-order valence-corrected chi connectivity index (χ0v) is 16.9. The second-order valence-electron chi connectivity index (χ2n) is 5.74. The van der Waals surface area contributed by atoms with E-state index < -0.39 is 20.0 Å². The van der Waals surface area contributed by atoms with Crippen molar-refractivity contribution >= 4 is 41.7 Å². The summed E-state index contributed by atoms with van der Waals surface area (Å²) in [5.41, 5.74) is 2.06. The zero-order valence-electron chi connectivity index (χ0n) is 13.7. The van der Waals surface area contributed by atoms with E-state index in [1.165, 1.54) is 23.5 Å². The number of aryl methyl sites for hydroxylation is 1. The van der Waals surface area contributed by atoms with E-state index in [0.717, 1.165) is 10.0 Å². The van der Waals surface area contributed by atoms with E-state index in [4.69, 9.17) is 0 Å². The highest BCUT2D eigenvalue weighted by atomic mass is 79.9. The Morgan fingerprint density at radius 1 is 1.04 bits per heavy atom. The predicted octanol–water partition coefficient (Wildman–Crippen LogP) is 2.42. The Morgan fingerprint density at radius 3 is 2.36 bits per heavy atom. The SMILES string of the molecule is CNS(=O)(=O)c1ccc2c(c1)CCN2S(=O)(=O)c1ccc(Br)c(C)c1. The number of benzene rings is 2. The van der Waals surface area contributed by atoms with Crippen molar-refractivity contribution < 1.29 is 16.8 Å². The molecule has 0 atom stereocenters. The molecule has 25 heavy (non-hydrogen) atoms. The fourth-order valence-corrected chi connectivity index (χ4v) is 5.40. The first-order valence-corrected chi connectivity index (χ1v) is 11.2. The lowest BCUT2D eigenvalue weighted by Crippen LogP contribution is -2.29. The summed E-state index contributed by atoms with van der Waals surface area (Å²) in [6, 6.07) is 9.40. The minimum absolute atomic E-state index is 0.132. The summed E-state index contributed by atoms with van der Waals surface area (Å²) in [5.74, 6) is 0. The summed E-state index contributed by atoms with van der Waals surface area (Å²) in [5, 5.41) is 0. The smallest absolute Gasteiger partial charge is 0.264 e. The van der Waals surface area contributed by atoms with Crippen molar-refractivity contribution in [1.82, 2.24) is 4.72 Å². The monoisotopic (exact) mass is 444 g/mol. The lowest BCUT2D eigenvalue weighted by Gasteiger charge is -2.20. The number of hydrogen-bond donors (Lipinski definition) is 1. The molecule has 2 aromatic carbocycles. The number of nitrogens with zero attached hydrogens (tertiary/aromatic N) is 1. The minimum Gasteiger partial charge on any atom is -0.266 e. The number of rotatable bonds is 4. The number of hydrogen-bond acceptors (Lipinski definition) is 4. The van der Waals surface area contributed by atoms with Gasteiger partial charge in [0.1, 0.15) is 0 Å². The van der Waals surface area contributed by atoms with Gasteiger partial charge in [-0.3, -0.25) is 4.31 Å². The molecule has 1 aliphatic rings. The van der Waals surface area contributed by atoms with Crippen molar-refractivity contribution in [2.24, 2.45) is 0 Å². The minimum atomic E-state index is -3.70. The van der Waals surface area contributed by atoms with Crippen LogP contribution in [-0.4, -0.2) is 30.4 Å². The van der Waals surface area contributed by atoms with Crippen LogP contribution in [0.4, 0.5) is 5.69 Å². The summed E-state index contributed by atoms with van der Waals surface area (Å²) in [6.07, 6.45) is 0.469. The third kappa shape index (κ3) is 3.21. The van der Waals surface area contributed by atoms with Gasteiger partial charge in [0.2, 0.25) is 10.0 Å². The van der Waals surface area contributed by atoms with Gasteiger partial charge < -0.3 is 0 Å². The van der Waals surface area contributed by atoms with Gasteiger partial charge in [-0.2, -0.15) is 0 Å². The Labute approximate surface area is 156 Å². The fraction of sp³-hybridized carbons (Fsp3) is 0.250. The normalized spacial score (nSPS) is 14.6. The third-order valence-electron chi connectivity index (χ3n) is 4.20. The summed E-state index contributed by atoms with van der Waals surface area (Å²) in [6.45, 7) is 2.12. The molecule has 2 aromatic rings. The van der Waals surface area contributed by atoms with Gasteiger partial charge in [0.15, 0.2) is 0 Å². The van der Waals surface area contributed by atoms with E-state index in [1.807, 2.05) is 6.92 Å². The third-order valence-corrected chi connectivity index (χ3v) is 8.31. The Balaban J connectivity index is 2.04. The van der Waals surface area contributed by atoms with Crippen LogP contribution < -0.4 is 9.03 Å².